The molecule has 2 aliphatic rings. The quantitative estimate of drug-likeness (QED) is 0.567. The predicted molar refractivity (Wildman–Crippen MR) is 108 cm³/mol. The molecule has 0 amide bonds. The van der Waals surface area contributed by atoms with Crippen LogP contribution in [0.3, 0.4) is 0 Å². The molecule has 2 rings (SSSR count). The van der Waals surface area contributed by atoms with Gasteiger partial charge in [-0.05, 0) is 63.7 Å². The van der Waals surface area contributed by atoms with E-state index in [-0.39, 0.29) is 41.4 Å². The number of aliphatic hydroxyl groups is 1. The van der Waals surface area contributed by atoms with E-state index in [2.05, 4.69) is 26.0 Å². The highest BCUT2D eigenvalue weighted by molar-refractivity contribution is 5.67. The summed E-state index contributed by atoms with van der Waals surface area (Å²) in [4.78, 5) is 23.6. The number of hydrogen-bond donors (Lipinski definition) is 1. The Kier molecular flexibility index (Phi) is 7.35. The summed E-state index contributed by atoms with van der Waals surface area (Å²) in [6.45, 7) is 11.2. The van der Waals surface area contributed by atoms with E-state index in [1.807, 2.05) is 13.8 Å². The molecule has 28 heavy (non-hydrogen) atoms. The smallest absolute Gasteiger partial charge is 0.303 e. The molecule has 5 heteroatoms. The van der Waals surface area contributed by atoms with Crippen LogP contribution >= 0.6 is 0 Å². The van der Waals surface area contributed by atoms with E-state index in [4.69, 9.17) is 9.47 Å². The fourth-order valence-corrected chi connectivity index (χ4v) is 5.34. The number of carbonyl (C=O) groups is 2. The van der Waals surface area contributed by atoms with Gasteiger partial charge in [0.05, 0.1) is 6.10 Å². The van der Waals surface area contributed by atoms with Crippen LogP contribution in [0.5, 0.6) is 0 Å². The van der Waals surface area contributed by atoms with E-state index in [0.717, 1.165) is 25.7 Å². The normalized spacial score (nSPS) is 38.0. The van der Waals surface area contributed by atoms with E-state index in [0.29, 0.717) is 18.8 Å². The van der Waals surface area contributed by atoms with Gasteiger partial charge in [0.15, 0.2) is 0 Å². The number of hydrogen-bond acceptors (Lipinski definition) is 5. The van der Waals surface area contributed by atoms with Crippen LogP contribution in [0, 0.1) is 23.2 Å². The molecule has 0 aromatic carbocycles. The minimum Gasteiger partial charge on any atom is -0.462 e. The molecule has 1 saturated carbocycles. The third-order valence-electron chi connectivity index (χ3n) is 6.75. The lowest BCUT2D eigenvalue weighted by Crippen LogP contribution is -2.46. The van der Waals surface area contributed by atoms with Crippen molar-refractivity contribution in [2.45, 2.75) is 97.9 Å². The van der Waals surface area contributed by atoms with E-state index in [9.17, 15) is 14.7 Å². The minimum atomic E-state index is -0.648. The number of allylic oxidation sites excluding steroid dienone is 2. The number of aliphatic hydroxyl groups excluding tert-OH is 1. The van der Waals surface area contributed by atoms with Gasteiger partial charge in [-0.2, -0.15) is 0 Å². The zero-order chi connectivity index (χ0) is 21.1. The molecule has 6 atom stereocenters. The van der Waals surface area contributed by atoms with Crippen molar-refractivity contribution in [1.82, 2.24) is 0 Å². The molecule has 1 fully saturated rings. The van der Waals surface area contributed by atoms with Crippen LogP contribution in [0.2, 0.25) is 0 Å². The fourth-order valence-electron chi connectivity index (χ4n) is 5.34. The van der Waals surface area contributed by atoms with Crippen LogP contribution in [-0.2, 0) is 19.1 Å². The first kappa shape index (κ1) is 22.9. The molecule has 0 aromatic rings. The van der Waals surface area contributed by atoms with Crippen LogP contribution in [0.4, 0.5) is 0 Å². The molecule has 0 spiro atoms. The first-order valence-corrected chi connectivity index (χ1v) is 10.7. The Morgan fingerprint density at radius 3 is 2.32 bits per heavy atom. The Labute approximate surface area is 169 Å². The van der Waals surface area contributed by atoms with Gasteiger partial charge in [0.2, 0.25) is 0 Å². The highest BCUT2D eigenvalue weighted by Gasteiger charge is 2.54. The summed E-state index contributed by atoms with van der Waals surface area (Å²) in [7, 11) is 0. The van der Waals surface area contributed by atoms with Crippen molar-refractivity contribution >= 4 is 11.9 Å². The summed E-state index contributed by atoms with van der Waals surface area (Å²) < 4.78 is 11.5. The first-order valence-electron chi connectivity index (χ1n) is 10.7. The molecule has 0 saturated heterocycles. The maximum Gasteiger partial charge on any atom is 0.303 e. The van der Waals surface area contributed by atoms with Crippen LogP contribution in [0.25, 0.3) is 0 Å². The average Bonchev–Trinajstić information content (AvgIpc) is 2.91. The molecular formula is C23H38O5. The molecule has 0 unspecified atom stereocenters. The Bertz CT molecular complexity index is 596. The van der Waals surface area contributed by atoms with Crippen LogP contribution < -0.4 is 0 Å². The molecule has 5 nitrogen and oxygen atoms in total. The fraction of sp³-hybridized carbons (Fsp3) is 0.826. The van der Waals surface area contributed by atoms with Gasteiger partial charge in [-0.1, -0.05) is 26.0 Å². The zero-order valence-corrected chi connectivity index (χ0v) is 18.4. The summed E-state index contributed by atoms with van der Waals surface area (Å²) in [6, 6.07) is 0. The summed E-state index contributed by atoms with van der Waals surface area (Å²) in [6.07, 6.45) is 8.63. The molecule has 2 aliphatic carbocycles. The zero-order valence-electron chi connectivity index (χ0n) is 18.4. The molecule has 0 aromatic heterocycles. The molecule has 0 aliphatic heterocycles. The van der Waals surface area contributed by atoms with Crippen LogP contribution in [-0.4, -0.2) is 34.9 Å². The van der Waals surface area contributed by atoms with Gasteiger partial charge in [0.25, 0.3) is 0 Å². The summed E-state index contributed by atoms with van der Waals surface area (Å²) in [5.74, 6) is -0.107. The molecule has 0 radical (unpaired) electrons. The van der Waals surface area contributed by atoms with Crippen molar-refractivity contribution in [3.05, 3.63) is 12.2 Å². The minimum absolute atomic E-state index is 0.0273. The van der Waals surface area contributed by atoms with E-state index >= 15 is 0 Å². The maximum atomic E-state index is 11.9. The third-order valence-corrected chi connectivity index (χ3v) is 6.75. The van der Waals surface area contributed by atoms with Gasteiger partial charge in [0.1, 0.15) is 11.7 Å². The number of carbonyl (C=O) groups excluding carboxylic acids is 2. The lowest BCUT2D eigenvalue weighted by atomic mass is 9.68. The van der Waals surface area contributed by atoms with Crippen molar-refractivity contribution in [3.63, 3.8) is 0 Å². The first-order chi connectivity index (χ1) is 12.9. The van der Waals surface area contributed by atoms with Crippen molar-refractivity contribution in [3.8, 4) is 0 Å². The Morgan fingerprint density at radius 2 is 1.71 bits per heavy atom. The lowest BCUT2D eigenvalue weighted by molar-refractivity contribution is -0.169. The largest absolute Gasteiger partial charge is 0.462 e. The highest BCUT2D eigenvalue weighted by atomic mass is 16.6. The average molecular weight is 395 g/mol. The molecule has 160 valence electrons. The summed E-state index contributed by atoms with van der Waals surface area (Å²) in [5.41, 5.74) is -0.795. The summed E-state index contributed by atoms with van der Waals surface area (Å²) >= 11 is 0. The van der Waals surface area contributed by atoms with Crippen molar-refractivity contribution in [2.24, 2.45) is 23.2 Å². The van der Waals surface area contributed by atoms with Gasteiger partial charge >= 0.3 is 11.9 Å². The van der Waals surface area contributed by atoms with Gasteiger partial charge in [-0.3, -0.25) is 9.59 Å². The molecule has 1 N–H and O–H groups in total. The number of rotatable bonds is 3. The Balaban J connectivity index is 2.46. The van der Waals surface area contributed by atoms with E-state index < -0.39 is 5.60 Å². The lowest BCUT2D eigenvalue weighted by Gasteiger charge is -2.42. The second-order valence-electron chi connectivity index (χ2n) is 9.67. The van der Waals surface area contributed by atoms with Crippen LogP contribution in [0.1, 0.15) is 80.1 Å². The standard InChI is InChI=1S/C23H38O5/c1-15-7-8-18(26)9-10-20(27-16(2)24)21-19(22(4,5)28-17(3)25)12-14-23(21,6)13-11-15/h11,13,15,18-21,26H,7-10,12,14H2,1-6H3/b13-11+/t15-,18-,19-,20+,21-,23+/m1/s1. The molecular weight excluding hydrogens is 356 g/mol. The van der Waals surface area contributed by atoms with Crippen molar-refractivity contribution in [1.29, 1.82) is 0 Å². The van der Waals surface area contributed by atoms with Gasteiger partial charge < -0.3 is 14.6 Å². The Morgan fingerprint density at radius 1 is 1.07 bits per heavy atom. The predicted octanol–water partition coefficient (Wildman–Crippen LogP) is 4.42. The maximum absolute atomic E-state index is 11.9. The van der Waals surface area contributed by atoms with Crippen molar-refractivity contribution in [2.75, 3.05) is 0 Å². The molecule has 0 bridgehead atoms. The van der Waals surface area contributed by atoms with Gasteiger partial charge in [-0.25, -0.2) is 0 Å². The number of esters is 2. The summed E-state index contributed by atoms with van der Waals surface area (Å²) in [5, 5.41) is 10.4. The van der Waals surface area contributed by atoms with E-state index in [1.54, 1.807) is 0 Å². The SMILES string of the molecule is CC(=O)O[C@H]1CC[C@H](O)CC[C@@H](C)/C=C/[C@@]2(C)CC[C@@H](C(C)(C)OC(C)=O)[C@H]12. The van der Waals surface area contributed by atoms with Crippen LogP contribution in [0.15, 0.2) is 12.2 Å². The Hall–Kier alpha value is -1.36. The second kappa shape index (κ2) is 8.98. The van der Waals surface area contributed by atoms with Crippen molar-refractivity contribution < 1.29 is 24.2 Å². The second-order valence-corrected chi connectivity index (χ2v) is 9.67. The van der Waals surface area contributed by atoms with E-state index in [1.165, 1.54) is 13.8 Å². The molecule has 0 heterocycles. The topological polar surface area (TPSA) is 72.8 Å². The highest BCUT2D eigenvalue weighted by Crippen LogP contribution is 2.55. The van der Waals surface area contributed by atoms with Gasteiger partial charge in [0, 0.05) is 25.7 Å². The number of ether oxygens (including phenoxy) is 2. The number of fused-ring (bicyclic) bond motifs is 1. The third kappa shape index (κ3) is 5.59. The van der Waals surface area contributed by atoms with Gasteiger partial charge in [-0.15, -0.1) is 0 Å². The monoisotopic (exact) mass is 394 g/mol.